The third kappa shape index (κ3) is 3.16. The Morgan fingerprint density at radius 1 is 1.24 bits per heavy atom. The van der Waals surface area contributed by atoms with Crippen LogP contribution in [0.3, 0.4) is 0 Å². The van der Waals surface area contributed by atoms with Gasteiger partial charge in [-0.25, -0.2) is 9.18 Å². The lowest BCUT2D eigenvalue weighted by Crippen LogP contribution is -2.40. The number of halogens is 2. The van der Waals surface area contributed by atoms with E-state index in [4.69, 9.17) is 11.6 Å². The molecule has 0 aromatic heterocycles. The minimum absolute atomic E-state index is 0.341. The van der Waals surface area contributed by atoms with E-state index in [0.29, 0.717) is 21.8 Å². The first-order valence-electron chi connectivity index (χ1n) is 6.37. The van der Waals surface area contributed by atoms with Crippen LogP contribution in [0.4, 0.5) is 10.1 Å². The number of nitrogens with one attached hydrogen (secondary N) is 1. The Bertz CT molecular complexity index is 672. The lowest BCUT2D eigenvalue weighted by molar-refractivity contribution is -0.142. The SMILES string of the molecule is Cc1ccc(C(C)(Nc2ccc(Cl)cc2)C(=O)O)cc1F. The van der Waals surface area contributed by atoms with Crippen LogP contribution in [0.1, 0.15) is 18.1 Å². The molecule has 0 amide bonds. The number of carboxylic acid groups (broad SMARTS) is 1. The third-order valence-electron chi connectivity index (χ3n) is 3.42. The third-order valence-corrected chi connectivity index (χ3v) is 3.67. The first kappa shape index (κ1) is 15.3. The number of anilines is 1. The van der Waals surface area contributed by atoms with Gasteiger partial charge in [-0.3, -0.25) is 0 Å². The van der Waals surface area contributed by atoms with E-state index in [2.05, 4.69) is 5.32 Å². The van der Waals surface area contributed by atoms with Crippen LogP contribution in [0.2, 0.25) is 5.02 Å². The summed E-state index contributed by atoms with van der Waals surface area (Å²) in [7, 11) is 0. The van der Waals surface area contributed by atoms with Gasteiger partial charge in [-0.05, 0) is 55.3 Å². The molecule has 0 aliphatic heterocycles. The summed E-state index contributed by atoms with van der Waals surface area (Å²) in [5.41, 5.74) is -0.0427. The lowest BCUT2D eigenvalue weighted by atomic mass is 9.90. The first-order chi connectivity index (χ1) is 9.83. The minimum Gasteiger partial charge on any atom is -0.479 e. The molecule has 21 heavy (non-hydrogen) atoms. The summed E-state index contributed by atoms with van der Waals surface area (Å²) < 4.78 is 13.7. The molecule has 0 spiro atoms. The Hall–Kier alpha value is -2.07. The average Bonchev–Trinajstić information content (AvgIpc) is 2.44. The summed E-state index contributed by atoms with van der Waals surface area (Å²) >= 11 is 5.81. The predicted octanol–water partition coefficient (Wildman–Crippen LogP) is 4.20. The van der Waals surface area contributed by atoms with E-state index in [1.165, 1.54) is 13.0 Å². The molecule has 1 atom stereocenters. The second-order valence-corrected chi connectivity index (χ2v) is 5.46. The van der Waals surface area contributed by atoms with Gasteiger partial charge in [-0.2, -0.15) is 0 Å². The molecule has 0 aliphatic rings. The van der Waals surface area contributed by atoms with Gasteiger partial charge in [0.15, 0.2) is 5.54 Å². The van der Waals surface area contributed by atoms with E-state index in [0.717, 1.165) is 0 Å². The maximum atomic E-state index is 13.7. The van der Waals surface area contributed by atoms with Gasteiger partial charge in [-0.1, -0.05) is 23.7 Å². The van der Waals surface area contributed by atoms with Crippen molar-refractivity contribution < 1.29 is 14.3 Å². The quantitative estimate of drug-likeness (QED) is 0.890. The summed E-state index contributed by atoms with van der Waals surface area (Å²) in [5.74, 6) is -1.53. The maximum absolute atomic E-state index is 13.7. The smallest absolute Gasteiger partial charge is 0.333 e. The molecule has 0 heterocycles. The number of carbonyl (C=O) groups is 1. The zero-order valence-electron chi connectivity index (χ0n) is 11.7. The number of hydrogen-bond acceptors (Lipinski definition) is 2. The zero-order valence-corrected chi connectivity index (χ0v) is 12.4. The number of aliphatic carboxylic acids is 1. The van der Waals surface area contributed by atoms with Gasteiger partial charge in [-0.15, -0.1) is 0 Å². The van der Waals surface area contributed by atoms with Crippen molar-refractivity contribution in [3.63, 3.8) is 0 Å². The monoisotopic (exact) mass is 307 g/mol. The highest BCUT2D eigenvalue weighted by molar-refractivity contribution is 6.30. The highest BCUT2D eigenvalue weighted by Crippen LogP contribution is 2.28. The van der Waals surface area contributed by atoms with Gasteiger partial charge in [0, 0.05) is 10.7 Å². The molecule has 2 rings (SSSR count). The molecule has 0 radical (unpaired) electrons. The molecule has 0 aliphatic carbocycles. The largest absolute Gasteiger partial charge is 0.479 e. The molecular weight excluding hydrogens is 293 g/mol. The van der Waals surface area contributed by atoms with Crippen LogP contribution in [0, 0.1) is 12.7 Å². The summed E-state index contributed by atoms with van der Waals surface area (Å²) in [6.07, 6.45) is 0. The number of carboxylic acids is 1. The second kappa shape index (κ2) is 5.74. The fourth-order valence-electron chi connectivity index (χ4n) is 1.97. The number of benzene rings is 2. The Morgan fingerprint density at radius 2 is 1.86 bits per heavy atom. The molecule has 3 nitrogen and oxygen atoms in total. The van der Waals surface area contributed by atoms with E-state index in [-0.39, 0.29) is 0 Å². The molecule has 5 heteroatoms. The first-order valence-corrected chi connectivity index (χ1v) is 6.74. The van der Waals surface area contributed by atoms with Crippen LogP contribution in [0.15, 0.2) is 42.5 Å². The summed E-state index contributed by atoms with van der Waals surface area (Å²) in [6.45, 7) is 3.12. The van der Waals surface area contributed by atoms with E-state index < -0.39 is 17.3 Å². The fourth-order valence-corrected chi connectivity index (χ4v) is 2.10. The molecule has 2 aromatic rings. The van der Waals surface area contributed by atoms with Crippen molar-refractivity contribution in [2.45, 2.75) is 19.4 Å². The fraction of sp³-hybridized carbons (Fsp3) is 0.188. The van der Waals surface area contributed by atoms with Crippen molar-refractivity contribution in [3.8, 4) is 0 Å². The van der Waals surface area contributed by atoms with E-state index in [1.807, 2.05) is 0 Å². The summed E-state index contributed by atoms with van der Waals surface area (Å²) in [6, 6.07) is 11.1. The van der Waals surface area contributed by atoms with Crippen molar-refractivity contribution in [3.05, 3.63) is 64.4 Å². The zero-order chi connectivity index (χ0) is 15.6. The standard InChI is InChI=1S/C16H15ClFNO2/c1-10-3-4-11(9-14(10)18)16(2,15(20)21)19-13-7-5-12(17)6-8-13/h3-9,19H,1-2H3,(H,20,21). The van der Waals surface area contributed by atoms with Gasteiger partial charge < -0.3 is 10.4 Å². The van der Waals surface area contributed by atoms with Crippen LogP contribution in [-0.4, -0.2) is 11.1 Å². The number of hydrogen-bond donors (Lipinski definition) is 2. The van der Waals surface area contributed by atoms with Crippen molar-refractivity contribution >= 4 is 23.3 Å². The van der Waals surface area contributed by atoms with Gasteiger partial charge in [0.05, 0.1) is 0 Å². The molecule has 1 unspecified atom stereocenters. The molecule has 0 bridgehead atoms. The minimum atomic E-state index is -1.44. The van der Waals surface area contributed by atoms with Crippen LogP contribution < -0.4 is 5.32 Å². The van der Waals surface area contributed by atoms with Crippen LogP contribution in [-0.2, 0) is 10.3 Å². The van der Waals surface area contributed by atoms with E-state index in [1.54, 1.807) is 43.3 Å². The van der Waals surface area contributed by atoms with Gasteiger partial charge >= 0.3 is 5.97 Å². The molecular formula is C16H15ClFNO2. The Balaban J connectivity index is 2.42. The Kier molecular flexibility index (Phi) is 4.19. The van der Waals surface area contributed by atoms with Crippen LogP contribution >= 0.6 is 11.6 Å². The highest BCUT2D eigenvalue weighted by atomic mass is 35.5. The van der Waals surface area contributed by atoms with Gasteiger partial charge in [0.25, 0.3) is 0 Å². The Morgan fingerprint density at radius 3 is 2.38 bits per heavy atom. The van der Waals surface area contributed by atoms with Crippen LogP contribution in [0.25, 0.3) is 0 Å². The van der Waals surface area contributed by atoms with Crippen molar-refractivity contribution in [1.29, 1.82) is 0 Å². The summed E-state index contributed by atoms with van der Waals surface area (Å²) in [4.78, 5) is 11.7. The maximum Gasteiger partial charge on any atom is 0.333 e. The topological polar surface area (TPSA) is 49.3 Å². The molecule has 110 valence electrons. The van der Waals surface area contributed by atoms with E-state index in [9.17, 15) is 14.3 Å². The van der Waals surface area contributed by atoms with E-state index >= 15 is 0 Å². The second-order valence-electron chi connectivity index (χ2n) is 5.03. The van der Waals surface area contributed by atoms with Crippen molar-refractivity contribution in [1.82, 2.24) is 0 Å². The molecule has 0 fully saturated rings. The summed E-state index contributed by atoms with van der Waals surface area (Å²) in [5, 5.41) is 13.0. The molecule has 2 N–H and O–H groups in total. The number of rotatable bonds is 4. The Labute approximate surface area is 127 Å². The van der Waals surface area contributed by atoms with Gasteiger partial charge in [0.2, 0.25) is 0 Å². The molecule has 0 saturated heterocycles. The van der Waals surface area contributed by atoms with Crippen LogP contribution in [0.5, 0.6) is 0 Å². The average molecular weight is 308 g/mol. The predicted molar refractivity (Wildman–Crippen MR) is 81.2 cm³/mol. The normalized spacial score (nSPS) is 13.5. The molecule has 0 saturated carbocycles. The molecule has 2 aromatic carbocycles. The number of aryl methyl sites for hydroxylation is 1. The van der Waals surface area contributed by atoms with Crippen molar-refractivity contribution in [2.24, 2.45) is 0 Å². The highest BCUT2D eigenvalue weighted by Gasteiger charge is 2.35. The van der Waals surface area contributed by atoms with Gasteiger partial charge in [0.1, 0.15) is 5.82 Å². The van der Waals surface area contributed by atoms with Crippen molar-refractivity contribution in [2.75, 3.05) is 5.32 Å². The lowest BCUT2D eigenvalue weighted by Gasteiger charge is -2.28.